The van der Waals surface area contributed by atoms with Gasteiger partial charge in [0.1, 0.15) is 62.4 Å². The topological polar surface area (TPSA) is 114 Å². The molecule has 0 fully saturated rings. The summed E-state index contributed by atoms with van der Waals surface area (Å²) in [6.45, 7) is 65.2. The molecule has 18 heteroatoms. The number of oxazole rings is 1. The lowest BCUT2D eigenvalue weighted by molar-refractivity contribution is -0.756. The Labute approximate surface area is 562 Å². The molecule has 0 radical (unpaired) electrons. The fourth-order valence-corrected chi connectivity index (χ4v) is 10.9. The van der Waals surface area contributed by atoms with Gasteiger partial charge in [-0.3, -0.25) is 0 Å². The van der Waals surface area contributed by atoms with E-state index in [-0.39, 0.29) is 0 Å². The van der Waals surface area contributed by atoms with Gasteiger partial charge in [0.05, 0.1) is 59.8 Å². The summed E-state index contributed by atoms with van der Waals surface area (Å²) in [7, 11) is 24.6. The summed E-state index contributed by atoms with van der Waals surface area (Å²) in [6.07, 6.45) is 0. The standard InChI is InChI=1S/C11H18N.3C9H15N2.2C8H15N2.C7H12NO.C7H12NS.C6H12N3/c1-7-8(2)10(4)12(6)11(5)9(7)3;1-6-8(3)11(5)9(4)7(2)10-6;1-6-7(2)10-9(4)11(5)8(6)3;1-6-7(2)9(4)11(5)10-8(6)3;1-6-7(2)10(5)8(3)9(6)4;1-6-7(2)9(4)10(5)8(6)3;2*1-5-6(2)9-7(3)8(5)4;1-5-7-9(4)6(2)8(5)3/h1-6H3;3*1-5H3;2*1-5H3;3*1-4H3/q9*+1. The first-order valence-corrected chi connectivity index (χ1v) is 32.9. The molecule has 92 heavy (non-hydrogen) atoms. The largest absolute Gasteiger partial charge is 0.407 e. The maximum Gasteiger partial charge on any atom is 0.343 e. The second kappa shape index (κ2) is 35.2. The van der Waals surface area contributed by atoms with Crippen molar-refractivity contribution in [3.63, 3.8) is 0 Å². The molecule has 9 aromatic heterocycles. The van der Waals surface area contributed by atoms with E-state index in [1.54, 1.807) is 0 Å². The number of thiazole rings is 1. The third-order valence-electron chi connectivity index (χ3n) is 20.8. The third kappa shape index (κ3) is 20.4. The van der Waals surface area contributed by atoms with Gasteiger partial charge in [-0.15, -0.1) is 9.36 Å². The van der Waals surface area contributed by atoms with Crippen molar-refractivity contribution >= 4 is 11.3 Å². The van der Waals surface area contributed by atoms with Gasteiger partial charge < -0.3 is 4.42 Å². The first-order valence-electron chi connectivity index (χ1n) is 32.1. The van der Waals surface area contributed by atoms with E-state index >= 15 is 0 Å². The van der Waals surface area contributed by atoms with Crippen LogP contribution in [0, 0.1) is 215 Å². The minimum atomic E-state index is 0.963. The molecule has 0 aliphatic heterocycles. The van der Waals surface area contributed by atoms with Crippen LogP contribution in [0.25, 0.3) is 0 Å². The minimum Gasteiger partial charge on any atom is -0.407 e. The van der Waals surface area contributed by atoms with Gasteiger partial charge in [0, 0.05) is 151 Å². The maximum absolute atomic E-state index is 5.31. The van der Waals surface area contributed by atoms with Crippen molar-refractivity contribution < 1.29 is 45.8 Å². The van der Waals surface area contributed by atoms with Gasteiger partial charge in [-0.05, 0) is 106 Å². The molecular weight excluding hydrogens is 1160 g/mol. The maximum atomic E-state index is 5.31. The van der Waals surface area contributed by atoms with Crippen LogP contribution in [-0.2, 0) is 84.6 Å². The quantitative estimate of drug-likeness (QED) is 0.141. The Kier molecular flexibility index (Phi) is 31.7. The number of rotatable bonds is 0. The van der Waals surface area contributed by atoms with E-state index < -0.39 is 0 Å². The number of imidazole rings is 1. The van der Waals surface area contributed by atoms with E-state index in [0.29, 0.717) is 0 Å². The van der Waals surface area contributed by atoms with E-state index in [1.165, 1.54) is 129 Å². The van der Waals surface area contributed by atoms with Gasteiger partial charge in [0.15, 0.2) is 54.0 Å². The van der Waals surface area contributed by atoms with Gasteiger partial charge >= 0.3 is 5.89 Å². The molecule has 0 saturated heterocycles. The highest BCUT2D eigenvalue weighted by Gasteiger charge is 2.20. The Hall–Kier alpha value is -7.21. The van der Waals surface area contributed by atoms with Crippen LogP contribution in [0.1, 0.15) is 175 Å². The van der Waals surface area contributed by atoms with Crippen molar-refractivity contribution in [3.05, 3.63) is 175 Å². The van der Waals surface area contributed by atoms with Crippen LogP contribution >= 0.6 is 11.3 Å². The highest BCUT2D eigenvalue weighted by molar-refractivity contribution is 7.11. The monoisotopic (exact) mass is 1290 g/mol. The Morgan fingerprint density at radius 1 is 0.337 bits per heavy atom. The molecule has 0 aliphatic rings. The molecule has 0 amide bonds. The van der Waals surface area contributed by atoms with Gasteiger partial charge in [-0.25, -0.2) is 27.8 Å². The predicted octanol–water partition coefficient (Wildman–Crippen LogP) is 9.41. The van der Waals surface area contributed by atoms with Crippen LogP contribution in [-0.4, -0.2) is 34.1 Å². The molecule has 508 valence electrons. The molecule has 9 heterocycles. The SMILES string of the molecule is Cc1c(C)[n+](C)c(C)n1C.Cc1c(C)c(C)[n+](C)c(C)c1C.Cc1c(C)n(C)[n+](C)c1C.Cc1n[n+](C)c(C)c(C)c1C.Cc1nc(C)[n+](C)c(C)c1C.Cc1nc(C)c(C)[n+](C)c1C.Cc1nn(C)c(C)[n+]1C.Cc1oc(C)[n+](C)c1C.Cc1sc(C)[n+](C)c1C. The first-order chi connectivity index (χ1) is 42.1. The summed E-state index contributed by atoms with van der Waals surface area (Å²) >= 11 is 1.86. The smallest absolute Gasteiger partial charge is 0.343 e. The van der Waals surface area contributed by atoms with E-state index in [0.717, 1.165) is 46.1 Å². The van der Waals surface area contributed by atoms with Crippen LogP contribution in [0.3, 0.4) is 0 Å². The zero-order valence-electron chi connectivity index (χ0n) is 66.5. The van der Waals surface area contributed by atoms with Crippen LogP contribution in [0.15, 0.2) is 4.42 Å². The Bertz CT molecular complexity index is 3290. The molecular formula is C74H129N16OS+9. The van der Waals surface area contributed by atoms with E-state index in [9.17, 15) is 0 Å². The third-order valence-corrected chi connectivity index (χ3v) is 21.9. The highest BCUT2D eigenvalue weighted by Crippen LogP contribution is 2.16. The molecule has 9 rings (SSSR count). The molecule has 0 atom stereocenters. The summed E-state index contributed by atoms with van der Waals surface area (Å²) in [5.41, 5.74) is 29.9. The lowest BCUT2D eigenvalue weighted by Gasteiger charge is -2.09. The van der Waals surface area contributed by atoms with Gasteiger partial charge in [0.25, 0.3) is 17.5 Å². The van der Waals surface area contributed by atoms with Gasteiger partial charge in [-0.1, -0.05) is 21.0 Å². The number of pyridine rings is 1. The average Bonchev–Trinajstić information content (AvgIpc) is 1.62. The molecule has 17 nitrogen and oxygen atoms in total. The van der Waals surface area contributed by atoms with E-state index in [2.05, 4.69) is 263 Å². The van der Waals surface area contributed by atoms with Crippen molar-refractivity contribution in [2.24, 2.45) is 84.6 Å². The fourth-order valence-electron chi connectivity index (χ4n) is 9.92. The highest BCUT2D eigenvalue weighted by atomic mass is 32.1. The van der Waals surface area contributed by atoms with Gasteiger partial charge in [0.2, 0.25) is 27.9 Å². The lowest BCUT2D eigenvalue weighted by Crippen LogP contribution is -2.39. The Morgan fingerprint density at radius 2 is 0.793 bits per heavy atom. The van der Waals surface area contributed by atoms with Crippen molar-refractivity contribution in [3.8, 4) is 0 Å². The molecule has 0 aliphatic carbocycles. The zero-order chi connectivity index (χ0) is 72.1. The van der Waals surface area contributed by atoms with Crippen LogP contribution < -0.4 is 41.3 Å². The summed E-state index contributed by atoms with van der Waals surface area (Å²) in [5, 5.41) is 9.92. The molecule has 0 spiro atoms. The number of hydrogen-bond acceptors (Lipinski definition) is 6. The van der Waals surface area contributed by atoms with Crippen LogP contribution in [0.2, 0.25) is 0 Å². The summed E-state index contributed by atoms with van der Waals surface area (Å²) in [6, 6.07) is 0. The number of nitrogens with zero attached hydrogens (tertiary/aromatic N) is 16. The van der Waals surface area contributed by atoms with Gasteiger partial charge in [-0.2, -0.15) is 18.4 Å². The predicted molar refractivity (Wildman–Crippen MR) is 374 cm³/mol. The molecule has 0 unspecified atom stereocenters. The van der Waals surface area contributed by atoms with Crippen LogP contribution in [0.5, 0.6) is 0 Å². The molecule has 0 bridgehead atoms. The van der Waals surface area contributed by atoms with E-state index in [4.69, 9.17) is 4.42 Å². The van der Waals surface area contributed by atoms with Crippen molar-refractivity contribution in [1.29, 1.82) is 0 Å². The number of hydrogen-bond donors (Lipinski definition) is 0. The average molecular weight is 1290 g/mol. The molecule has 9 aromatic rings. The van der Waals surface area contributed by atoms with Crippen molar-refractivity contribution in [2.75, 3.05) is 0 Å². The number of aromatic nitrogens is 16. The zero-order valence-corrected chi connectivity index (χ0v) is 67.3. The summed E-state index contributed by atoms with van der Waals surface area (Å²) < 4.78 is 30.7. The van der Waals surface area contributed by atoms with Crippen LogP contribution in [0.4, 0.5) is 0 Å². The molecule has 0 saturated carbocycles. The van der Waals surface area contributed by atoms with Crippen molar-refractivity contribution in [1.82, 2.24) is 34.1 Å². The molecule has 0 aromatic carbocycles. The second-order valence-corrected chi connectivity index (χ2v) is 26.7. The normalized spacial score (nSPS) is 10.3. The fraction of sp³-hybridized carbons (Fsp3) is 0.581. The summed E-state index contributed by atoms with van der Waals surface area (Å²) in [5.74, 6) is 6.57. The number of aryl methyl sites for hydroxylation is 12. The Balaban J connectivity index is 0.000000518. The summed E-state index contributed by atoms with van der Waals surface area (Å²) in [4.78, 5) is 10.2. The Morgan fingerprint density at radius 3 is 1.07 bits per heavy atom. The first kappa shape index (κ1) is 82.8. The van der Waals surface area contributed by atoms with Crippen molar-refractivity contribution in [2.45, 2.75) is 215 Å². The lowest BCUT2D eigenvalue weighted by atomic mass is 10.0. The van der Waals surface area contributed by atoms with E-state index in [1.807, 2.05) is 123 Å². The second-order valence-electron chi connectivity index (χ2n) is 25.3. The minimum absolute atomic E-state index is 0.963. The molecule has 0 N–H and O–H groups in total.